The molecule has 1 saturated heterocycles. The molecule has 3 rings (SSSR count). The molecule has 2 atom stereocenters. The van der Waals surface area contributed by atoms with Crippen LogP contribution in [0.2, 0.25) is 0 Å². The van der Waals surface area contributed by atoms with Crippen LogP contribution in [0, 0.1) is 5.92 Å². The zero-order chi connectivity index (χ0) is 18.0. The molecule has 4 nitrogen and oxygen atoms in total. The fraction of sp³-hybridized carbons (Fsp3) is 0.421. The third kappa shape index (κ3) is 4.25. The Balaban J connectivity index is 1.94. The molecule has 6 heteroatoms. The normalized spacial score (nSPS) is 19.6. The van der Waals surface area contributed by atoms with Crippen LogP contribution in [0.25, 0.3) is 0 Å². The van der Waals surface area contributed by atoms with Gasteiger partial charge in [0.15, 0.2) is 0 Å². The lowest BCUT2D eigenvalue weighted by Gasteiger charge is -2.37. The number of hydrogen-bond acceptors (Lipinski definition) is 4. The average molecular weight is 423 g/mol. The number of carboxylic acid groups (broad SMARTS) is 1. The molecule has 1 aliphatic rings. The molecular formula is C19H23BrN2O2S. The first kappa shape index (κ1) is 18.4. The van der Waals surface area contributed by atoms with Crippen molar-refractivity contribution in [2.75, 3.05) is 32.1 Å². The second-order valence-corrected chi connectivity index (χ2v) is 9.20. The van der Waals surface area contributed by atoms with Gasteiger partial charge in [-0.25, -0.2) is 0 Å². The Morgan fingerprint density at radius 2 is 2.00 bits per heavy atom. The third-order valence-electron chi connectivity index (χ3n) is 4.76. The SMILES string of the molecule is CN(C)c1ccc(C(c2ccc(Br)s2)N2CCCC(C(=O)O)C2)cc1. The van der Waals surface area contributed by atoms with Gasteiger partial charge in [-0.05, 0) is 65.1 Å². The Bertz CT molecular complexity index is 729. The van der Waals surface area contributed by atoms with E-state index in [1.165, 1.54) is 10.4 Å². The van der Waals surface area contributed by atoms with Gasteiger partial charge in [-0.3, -0.25) is 9.69 Å². The molecule has 1 aliphatic heterocycles. The smallest absolute Gasteiger partial charge is 0.307 e. The van der Waals surface area contributed by atoms with Crippen molar-refractivity contribution in [3.8, 4) is 0 Å². The van der Waals surface area contributed by atoms with Crippen molar-refractivity contribution in [2.45, 2.75) is 18.9 Å². The van der Waals surface area contributed by atoms with Gasteiger partial charge >= 0.3 is 5.97 Å². The molecule has 2 aromatic rings. The lowest BCUT2D eigenvalue weighted by Crippen LogP contribution is -2.41. The predicted octanol–water partition coefficient (Wildman–Crippen LogP) is 4.46. The molecule has 2 heterocycles. The summed E-state index contributed by atoms with van der Waals surface area (Å²) in [5, 5.41) is 9.44. The molecule has 1 N–H and O–H groups in total. The van der Waals surface area contributed by atoms with E-state index in [0.717, 1.165) is 28.9 Å². The maximum Gasteiger partial charge on any atom is 0.307 e. The van der Waals surface area contributed by atoms with Gasteiger partial charge in [-0.1, -0.05) is 12.1 Å². The number of anilines is 1. The number of halogens is 1. The number of hydrogen-bond donors (Lipinski definition) is 1. The molecule has 0 amide bonds. The summed E-state index contributed by atoms with van der Waals surface area (Å²) in [7, 11) is 4.07. The van der Waals surface area contributed by atoms with E-state index in [9.17, 15) is 9.90 Å². The molecule has 0 radical (unpaired) electrons. The van der Waals surface area contributed by atoms with E-state index in [4.69, 9.17) is 0 Å². The van der Waals surface area contributed by atoms with Crippen molar-refractivity contribution in [1.82, 2.24) is 4.90 Å². The zero-order valence-electron chi connectivity index (χ0n) is 14.5. The van der Waals surface area contributed by atoms with E-state index in [1.807, 2.05) is 14.1 Å². The van der Waals surface area contributed by atoms with Crippen LogP contribution in [0.15, 0.2) is 40.2 Å². The average Bonchev–Trinajstić information content (AvgIpc) is 3.02. The molecule has 0 saturated carbocycles. The summed E-state index contributed by atoms with van der Waals surface area (Å²) in [5.41, 5.74) is 2.38. The van der Waals surface area contributed by atoms with Gasteiger partial charge < -0.3 is 10.0 Å². The standard InChI is InChI=1S/C19H23BrN2O2S/c1-21(2)15-7-5-13(6-8-15)18(16-9-10-17(20)25-16)22-11-3-4-14(12-22)19(23)24/h5-10,14,18H,3-4,11-12H2,1-2H3,(H,23,24). The van der Waals surface area contributed by atoms with Gasteiger partial charge in [0.1, 0.15) is 0 Å². The highest BCUT2D eigenvalue weighted by Crippen LogP contribution is 2.38. The minimum Gasteiger partial charge on any atom is -0.481 e. The van der Waals surface area contributed by atoms with Gasteiger partial charge in [-0.2, -0.15) is 0 Å². The number of piperidine rings is 1. The van der Waals surface area contributed by atoms with Gasteiger partial charge in [0, 0.05) is 31.2 Å². The fourth-order valence-corrected chi connectivity index (χ4v) is 5.01. The number of thiophene rings is 1. The summed E-state index contributed by atoms with van der Waals surface area (Å²) in [5.74, 6) is -0.959. The van der Waals surface area contributed by atoms with Crippen molar-refractivity contribution in [1.29, 1.82) is 0 Å². The quantitative estimate of drug-likeness (QED) is 0.771. The van der Waals surface area contributed by atoms with E-state index >= 15 is 0 Å². The third-order valence-corrected chi connectivity index (χ3v) is 6.43. The molecule has 25 heavy (non-hydrogen) atoms. The summed E-state index contributed by atoms with van der Waals surface area (Å²) in [6.45, 7) is 1.53. The zero-order valence-corrected chi connectivity index (χ0v) is 16.9. The number of likely N-dealkylation sites (tertiary alicyclic amines) is 1. The Hall–Kier alpha value is -1.37. The summed E-state index contributed by atoms with van der Waals surface area (Å²) >= 11 is 5.28. The van der Waals surface area contributed by atoms with Crippen molar-refractivity contribution in [3.05, 3.63) is 50.6 Å². The predicted molar refractivity (Wildman–Crippen MR) is 107 cm³/mol. The second-order valence-electron chi connectivity index (χ2n) is 6.70. The minimum absolute atomic E-state index is 0.106. The van der Waals surface area contributed by atoms with Gasteiger partial charge in [-0.15, -0.1) is 11.3 Å². The Kier molecular flexibility index (Phi) is 5.81. The van der Waals surface area contributed by atoms with E-state index < -0.39 is 5.97 Å². The minimum atomic E-state index is -0.682. The van der Waals surface area contributed by atoms with Gasteiger partial charge in [0.05, 0.1) is 15.7 Å². The largest absolute Gasteiger partial charge is 0.481 e. The molecule has 2 unspecified atom stereocenters. The number of aliphatic carboxylic acids is 1. The first-order chi connectivity index (χ1) is 12.0. The summed E-state index contributed by atoms with van der Waals surface area (Å²) in [6.07, 6.45) is 1.70. The van der Waals surface area contributed by atoms with Gasteiger partial charge in [0.2, 0.25) is 0 Å². The van der Waals surface area contributed by atoms with E-state index in [0.29, 0.717) is 6.54 Å². The van der Waals surface area contributed by atoms with Crippen LogP contribution >= 0.6 is 27.3 Å². The fourth-order valence-electron chi connectivity index (χ4n) is 3.43. The van der Waals surface area contributed by atoms with Crippen LogP contribution in [-0.2, 0) is 4.79 Å². The van der Waals surface area contributed by atoms with Crippen molar-refractivity contribution in [3.63, 3.8) is 0 Å². The lowest BCUT2D eigenvalue weighted by atomic mass is 9.94. The topological polar surface area (TPSA) is 43.8 Å². The van der Waals surface area contributed by atoms with Crippen molar-refractivity contribution in [2.24, 2.45) is 5.92 Å². The molecule has 1 fully saturated rings. The summed E-state index contributed by atoms with van der Waals surface area (Å²) < 4.78 is 1.10. The maximum atomic E-state index is 11.5. The Morgan fingerprint density at radius 3 is 2.56 bits per heavy atom. The number of nitrogens with zero attached hydrogens (tertiary/aromatic N) is 2. The van der Waals surface area contributed by atoms with Crippen LogP contribution in [0.4, 0.5) is 5.69 Å². The molecule has 1 aromatic carbocycles. The highest BCUT2D eigenvalue weighted by molar-refractivity contribution is 9.11. The number of carboxylic acids is 1. The number of benzene rings is 1. The summed E-state index contributed by atoms with van der Waals surface area (Å²) in [4.78, 5) is 17.1. The molecule has 0 bridgehead atoms. The van der Waals surface area contributed by atoms with Crippen molar-refractivity contribution < 1.29 is 9.90 Å². The maximum absolute atomic E-state index is 11.5. The Morgan fingerprint density at radius 1 is 1.28 bits per heavy atom. The first-order valence-corrected chi connectivity index (χ1v) is 10.1. The van der Waals surface area contributed by atoms with Crippen molar-refractivity contribution >= 4 is 38.9 Å². The van der Waals surface area contributed by atoms with Crippen LogP contribution in [-0.4, -0.2) is 43.2 Å². The van der Waals surface area contributed by atoms with Crippen LogP contribution < -0.4 is 4.90 Å². The number of rotatable bonds is 5. The second kappa shape index (κ2) is 7.89. The van der Waals surface area contributed by atoms with Crippen LogP contribution in [0.5, 0.6) is 0 Å². The molecule has 1 aromatic heterocycles. The highest BCUT2D eigenvalue weighted by Gasteiger charge is 2.31. The molecule has 0 aliphatic carbocycles. The summed E-state index contributed by atoms with van der Waals surface area (Å²) in [6, 6.07) is 12.9. The van der Waals surface area contributed by atoms with Crippen LogP contribution in [0.3, 0.4) is 0 Å². The highest BCUT2D eigenvalue weighted by atomic mass is 79.9. The molecule has 0 spiro atoms. The monoisotopic (exact) mass is 422 g/mol. The first-order valence-electron chi connectivity index (χ1n) is 8.45. The molecular weight excluding hydrogens is 400 g/mol. The van der Waals surface area contributed by atoms with E-state index in [-0.39, 0.29) is 12.0 Å². The Labute approximate surface area is 161 Å². The van der Waals surface area contributed by atoms with E-state index in [2.05, 4.69) is 62.1 Å². The van der Waals surface area contributed by atoms with Gasteiger partial charge in [0.25, 0.3) is 0 Å². The lowest BCUT2D eigenvalue weighted by molar-refractivity contribution is -0.143. The molecule has 134 valence electrons. The number of carbonyl (C=O) groups is 1. The van der Waals surface area contributed by atoms with Crippen LogP contribution in [0.1, 0.15) is 29.3 Å². The van der Waals surface area contributed by atoms with E-state index in [1.54, 1.807) is 11.3 Å².